The van der Waals surface area contributed by atoms with Crippen LogP contribution in [0, 0.1) is 11.8 Å². The summed E-state index contributed by atoms with van der Waals surface area (Å²) in [4.78, 5) is 8.30. The number of nitrogens with one attached hydrogen (secondary N) is 1. The molecule has 0 radical (unpaired) electrons. The average Bonchev–Trinajstić information content (AvgIpc) is 3.06. The number of nitrogen functional groups attached to an aromatic ring is 1. The van der Waals surface area contributed by atoms with Gasteiger partial charge in [0.05, 0.1) is 17.5 Å². The fourth-order valence-electron chi connectivity index (χ4n) is 4.42. The Bertz CT molecular complexity index is 794. The number of halogens is 2. The normalized spacial score (nSPS) is 31.0. The van der Waals surface area contributed by atoms with E-state index in [4.69, 9.17) is 17.3 Å². The molecule has 0 amide bonds. The summed E-state index contributed by atoms with van der Waals surface area (Å²) in [6.45, 7) is 1.93. The van der Waals surface area contributed by atoms with Crippen LogP contribution in [-0.4, -0.2) is 50.0 Å². The number of aliphatic hydroxyl groups excluding tert-OH is 2. The first-order valence-corrected chi connectivity index (χ1v) is 9.70. The topological polar surface area (TPSA) is 109 Å². The van der Waals surface area contributed by atoms with Crippen LogP contribution < -0.4 is 11.1 Å². The van der Waals surface area contributed by atoms with Gasteiger partial charge in [-0.3, -0.25) is 0 Å². The van der Waals surface area contributed by atoms with Gasteiger partial charge in [0, 0.05) is 10.7 Å². The highest BCUT2D eigenvalue weighted by atomic mass is 79.9. The molecule has 2 fully saturated rings. The van der Waals surface area contributed by atoms with Gasteiger partial charge in [-0.15, -0.1) is 0 Å². The van der Waals surface area contributed by atoms with E-state index in [0.29, 0.717) is 29.2 Å². The fourth-order valence-corrected chi connectivity index (χ4v) is 5.19. The number of aromatic nitrogens is 3. The van der Waals surface area contributed by atoms with Gasteiger partial charge in [-0.25, -0.2) is 4.98 Å². The molecule has 1 saturated heterocycles. The lowest BCUT2D eigenvalue weighted by molar-refractivity contribution is -0.00768. The molecule has 1 aliphatic carbocycles. The summed E-state index contributed by atoms with van der Waals surface area (Å²) in [7, 11) is 0. The van der Waals surface area contributed by atoms with E-state index >= 15 is 0 Å². The number of piperidine rings is 1. The number of anilines is 1. The molecule has 5 N–H and O–H groups in total. The van der Waals surface area contributed by atoms with Crippen LogP contribution in [0.3, 0.4) is 0 Å². The maximum atomic E-state index is 10.7. The predicted molar refractivity (Wildman–Crippen MR) is 99.4 cm³/mol. The minimum absolute atomic E-state index is 0.0693. The van der Waals surface area contributed by atoms with Crippen LogP contribution in [0.1, 0.15) is 25.3 Å². The van der Waals surface area contributed by atoms with Crippen LogP contribution in [0.5, 0.6) is 0 Å². The number of nitrogens with zero attached hydrogens (tertiary/aromatic N) is 3. The minimum atomic E-state index is -0.850. The smallest absolute Gasteiger partial charge is 0.226 e. The van der Waals surface area contributed by atoms with Gasteiger partial charge in [0.25, 0.3) is 0 Å². The molecule has 7 nitrogen and oxygen atoms in total. The number of aliphatic hydroxyl groups is 2. The van der Waals surface area contributed by atoms with E-state index in [1.165, 1.54) is 0 Å². The van der Waals surface area contributed by atoms with Crippen molar-refractivity contribution in [2.45, 2.75) is 37.5 Å². The number of rotatable bonds is 2. The Morgan fingerprint density at radius 3 is 2.68 bits per heavy atom. The molecule has 3 heterocycles. The lowest BCUT2D eigenvalue weighted by Crippen LogP contribution is -2.37. The first-order valence-electron chi connectivity index (χ1n) is 8.53. The number of hydrogen-bond donors (Lipinski definition) is 4. The third-order valence-electron chi connectivity index (χ3n) is 5.67. The monoisotopic (exact) mass is 429 g/mol. The Morgan fingerprint density at radius 2 is 1.96 bits per heavy atom. The van der Waals surface area contributed by atoms with Crippen molar-refractivity contribution in [3.05, 3.63) is 16.0 Å². The highest BCUT2D eigenvalue weighted by molar-refractivity contribution is 9.10. The molecule has 4 atom stereocenters. The van der Waals surface area contributed by atoms with Crippen molar-refractivity contribution < 1.29 is 10.2 Å². The maximum Gasteiger partial charge on any atom is 0.226 e. The van der Waals surface area contributed by atoms with Gasteiger partial charge in [-0.2, -0.15) is 4.98 Å². The Hall–Kier alpha value is -0.930. The van der Waals surface area contributed by atoms with Crippen molar-refractivity contribution in [1.29, 1.82) is 0 Å². The summed E-state index contributed by atoms with van der Waals surface area (Å²) in [5.41, 5.74) is 6.55. The molecule has 25 heavy (non-hydrogen) atoms. The minimum Gasteiger partial charge on any atom is -0.390 e. The van der Waals surface area contributed by atoms with Gasteiger partial charge in [0.2, 0.25) is 5.28 Å². The zero-order valence-corrected chi connectivity index (χ0v) is 15.9. The molecule has 0 aromatic carbocycles. The van der Waals surface area contributed by atoms with Crippen molar-refractivity contribution in [3.63, 3.8) is 0 Å². The first kappa shape index (κ1) is 17.5. The summed E-state index contributed by atoms with van der Waals surface area (Å²) in [5.74, 6) is 0.793. The molecule has 0 unspecified atom stereocenters. The van der Waals surface area contributed by atoms with Crippen LogP contribution in [0.2, 0.25) is 5.28 Å². The molecule has 136 valence electrons. The molecule has 0 spiro atoms. The zero-order chi connectivity index (χ0) is 17.7. The van der Waals surface area contributed by atoms with Crippen LogP contribution in [0.4, 0.5) is 5.82 Å². The second kappa shape index (κ2) is 6.66. The molecule has 1 aliphatic heterocycles. The quantitative estimate of drug-likeness (QED) is 0.540. The number of nitrogens with two attached hydrogens (primary N) is 1. The van der Waals surface area contributed by atoms with Crippen molar-refractivity contribution >= 4 is 44.4 Å². The predicted octanol–water partition coefficient (Wildman–Crippen LogP) is 1.71. The van der Waals surface area contributed by atoms with Crippen molar-refractivity contribution in [3.8, 4) is 0 Å². The summed E-state index contributed by atoms with van der Waals surface area (Å²) in [5, 5.41) is 25.5. The SMILES string of the molecule is Nc1nc(Cl)nc2c1c(Br)cn2[C@@H]1C[C@H](C2CCNCC2)[C@@H](O)[C@H]1O. The number of fused-ring (bicyclic) bond motifs is 1. The summed E-state index contributed by atoms with van der Waals surface area (Å²) in [6, 6.07) is -0.269. The Morgan fingerprint density at radius 1 is 1.24 bits per heavy atom. The van der Waals surface area contributed by atoms with Gasteiger partial charge in [-0.1, -0.05) is 0 Å². The van der Waals surface area contributed by atoms with Crippen molar-refractivity contribution in [2.75, 3.05) is 18.8 Å². The molecule has 4 rings (SSSR count). The standard InChI is InChI=1S/C16H21BrClN5O2/c17-9-6-23(15-11(9)14(19)21-16(18)22-15)10-5-8(12(24)13(10)25)7-1-3-20-4-2-7/h6-8,10,12-13,20,24-25H,1-5H2,(H2,19,21,22)/t8-,10-,12-,13+/m1/s1. The second-order valence-corrected chi connectivity index (χ2v) is 8.19. The van der Waals surface area contributed by atoms with E-state index in [9.17, 15) is 10.2 Å². The maximum absolute atomic E-state index is 10.7. The molecular weight excluding hydrogens is 410 g/mol. The van der Waals surface area contributed by atoms with Gasteiger partial charge in [-0.05, 0) is 71.7 Å². The molecule has 2 aromatic rings. The van der Waals surface area contributed by atoms with E-state index in [-0.39, 0.29) is 17.2 Å². The molecular formula is C16H21BrClN5O2. The average molecular weight is 431 g/mol. The Balaban J connectivity index is 1.71. The van der Waals surface area contributed by atoms with Crippen LogP contribution in [0.25, 0.3) is 11.0 Å². The van der Waals surface area contributed by atoms with E-state index in [0.717, 1.165) is 30.4 Å². The Kier molecular flexibility index (Phi) is 4.66. The highest BCUT2D eigenvalue weighted by Crippen LogP contribution is 2.44. The largest absolute Gasteiger partial charge is 0.390 e. The first-order chi connectivity index (χ1) is 12.0. The summed E-state index contributed by atoms with van der Waals surface area (Å²) >= 11 is 9.47. The van der Waals surface area contributed by atoms with Gasteiger partial charge >= 0.3 is 0 Å². The number of hydrogen-bond acceptors (Lipinski definition) is 6. The van der Waals surface area contributed by atoms with E-state index in [1.807, 2.05) is 10.8 Å². The van der Waals surface area contributed by atoms with Crippen molar-refractivity contribution in [1.82, 2.24) is 19.9 Å². The molecule has 0 bridgehead atoms. The summed E-state index contributed by atoms with van der Waals surface area (Å²) < 4.78 is 2.63. The van der Waals surface area contributed by atoms with E-state index in [1.54, 1.807) is 0 Å². The third-order valence-corrected chi connectivity index (χ3v) is 6.44. The van der Waals surface area contributed by atoms with Gasteiger partial charge < -0.3 is 25.8 Å². The fraction of sp³-hybridized carbons (Fsp3) is 0.625. The summed E-state index contributed by atoms with van der Waals surface area (Å²) in [6.07, 6.45) is 3.01. The molecule has 2 aromatic heterocycles. The Labute approximate surface area is 158 Å². The lowest BCUT2D eigenvalue weighted by atomic mass is 9.82. The van der Waals surface area contributed by atoms with Crippen LogP contribution in [-0.2, 0) is 0 Å². The highest BCUT2D eigenvalue weighted by Gasteiger charge is 2.46. The third kappa shape index (κ3) is 2.94. The van der Waals surface area contributed by atoms with Crippen molar-refractivity contribution in [2.24, 2.45) is 11.8 Å². The van der Waals surface area contributed by atoms with Gasteiger partial charge in [0.1, 0.15) is 17.6 Å². The molecule has 9 heteroatoms. The van der Waals surface area contributed by atoms with Crippen LogP contribution in [0.15, 0.2) is 10.7 Å². The lowest BCUT2D eigenvalue weighted by Gasteiger charge is -2.30. The molecule has 2 aliphatic rings. The van der Waals surface area contributed by atoms with Crippen LogP contribution >= 0.6 is 27.5 Å². The zero-order valence-electron chi connectivity index (χ0n) is 13.6. The second-order valence-electron chi connectivity index (χ2n) is 7.00. The van der Waals surface area contributed by atoms with Gasteiger partial charge in [0.15, 0.2) is 0 Å². The van der Waals surface area contributed by atoms with E-state index < -0.39 is 12.2 Å². The van der Waals surface area contributed by atoms with E-state index in [2.05, 4.69) is 31.2 Å². The molecule has 1 saturated carbocycles.